The summed E-state index contributed by atoms with van der Waals surface area (Å²) in [7, 11) is 0. The normalized spacial score (nSPS) is 22.7. The second kappa shape index (κ2) is 5.59. The Hall–Kier alpha value is -1.59. The number of rotatable bonds is 5. The number of hydrogen-bond acceptors (Lipinski definition) is 4. The number of nitrogens with one attached hydrogen (secondary N) is 1. The average molecular weight is 266 g/mol. The van der Waals surface area contributed by atoms with E-state index in [1.807, 2.05) is 6.92 Å². The van der Waals surface area contributed by atoms with Crippen molar-refractivity contribution in [3.05, 3.63) is 15.8 Å². The van der Waals surface area contributed by atoms with Crippen LogP contribution in [0, 0.1) is 23.0 Å². The molecule has 2 rings (SSSR count). The number of anilines is 1. The summed E-state index contributed by atoms with van der Waals surface area (Å²) in [4.78, 5) is 10.9. The third-order valence-electron chi connectivity index (χ3n) is 3.75. The Morgan fingerprint density at radius 1 is 1.53 bits per heavy atom. The van der Waals surface area contributed by atoms with Gasteiger partial charge in [0.1, 0.15) is 5.69 Å². The Balaban J connectivity index is 2.27. The molecular weight excluding hydrogens is 244 g/mol. The van der Waals surface area contributed by atoms with E-state index < -0.39 is 0 Å². The minimum atomic E-state index is -0.324. The first-order valence-corrected chi connectivity index (χ1v) is 7.01. The summed E-state index contributed by atoms with van der Waals surface area (Å²) in [6.07, 6.45) is 4.25. The molecule has 6 heteroatoms. The van der Waals surface area contributed by atoms with Crippen LogP contribution >= 0.6 is 0 Å². The number of nitrogens with zero attached hydrogens (tertiary/aromatic N) is 3. The number of nitro groups is 1. The van der Waals surface area contributed by atoms with Gasteiger partial charge in [0.05, 0.1) is 4.92 Å². The molecule has 0 radical (unpaired) electrons. The zero-order chi connectivity index (χ0) is 14.0. The number of aromatic nitrogens is 2. The van der Waals surface area contributed by atoms with Crippen molar-refractivity contribution in [2.45, 2.75) is 59.0 Å². The summed E-state index contributed by atoms with van der Waals surface area (Å²) in [6, 6.07) is 0.334. The molecular formula is C13H22N4O2. The van der Waals surface area contributed by atoms with E-state index in [-0.39, 0.29) is 10.6 Å². The quantitative estimate of drug-likeness (QED) is 0.656. The van der Waals surface area contributed by atoms with Gasteiger partial charge in [-0.3, -0.25) is 10.1 Å². The van der Waals surface area contributed by atoms with Crippen LogP contribution in [-0.2, 0) is 6.54 Å². The fourth-order valence-corrected chi connectivity index (χ4v) is 2.84. The first-order valence-electron chi connectivity index (χ1n) is 7.01. The van der Waals surface area contributed by atoms with Crippen LogP contribution in [0.25, 0.3) is 0 Å². The lowest BCUT2D eigenvalue weighted by Gasteiger charge is -2.14. The van der Waals surface area contributed by atoms with Crippen LogP contribution in [0.2, 0.25) is 0 Å². The SMILES string of the molecule is CCCn1nc(C)c([N+](=O)[O-])c1NC1CCC(C)C1. The summed E-state index contributed by atoms with van der Waals surface area (Å²) < 4.78 is 1.75. The lowest BCUT2D eigenvalue weighted by molar-refractivity contribution is -0.384. The molecule has 0 spiro atoms. The highest BCUT2D eigenvalue weighted by Gasteiger charge is 2.29. The molecule has 1 fully saturated rings. The van der Waals surface area contributed by atoms with Gasteiger partial charge in [0.15, 0.2) is 0 Å². The molecule has 1 N–H and O–H groups in total. The van der Waals surface area contributed by atoms with Crippen LogP contribution in [0.4, 0.5) is 11.5 Å². The summed E-state index contributed by atoms with van der Waals surface area (Å²) in [5.74, 6) is 1.28. The van der Waals surface area contributed by atoms with Crippen LogP contribution in [0.3, 0.4) is 0 Å². The second-order valence-corrected chi connectivity index (χ2v) is 5.52. The highest BCUT2D eigenvalue weighted by Crippen LogP contribution is 2.33. The van der Waals surface area contributed by atoms with Crippen LogP contribution in [0.15, 0.2) is 0 Å². The van der Waals surface area contributed by atoms with E-state index in [4.69, 9.17) is 0 Å². The molecule has 1 aromatic heterocycles. The minimum Gasteiger partial charge on any atom is -0.362 e. The Labute approximate surface area is 113 Å². The third kappa shape index (κ3) is 2.88. The predicted octanol–water partition coefficient (Wildman–Crippen LogP) is 3.11. The topological polar surface area (TPSA) is 73.0 Å². The first kappa shape index (κ1) is 13.8. The summed E-state index contributed by atoms with van der Waals surface area (Å²) in [5.41, 5.74) is 0.625. The van der Waals surface area contributed by atoms with E-state index in [1.54, 1.807) is 11.6 Å². The molecule has 1 heterocycles. The van der Waals surface area contributed by atoms with Crippen molar-refractivity contribution in [1.82, 2.24) is 9.78 Å². The van der Waals surface area contributed by atoms with Gasteiger partial charge in [-0.25, -0.2) is 4.68 Å². The number of hydrogen-bond donors (Lipinski definition) is 1. The van der Waals surface area contributed by atoms with Gasteiger partial charge in [0.2, 0.25) is 5.82 Å². The van der Waals surface area contributed by atoms with Crippen LogP contribution < -0.4 is 5.32 Å². The molecule has 2 unspecified atom stereocenters. The van der Waals surface area contributed by atoms with Gasteiger partial charge in [0, 0.05) is 12.6 Å². The Morgan fingerprint density at radius 2 is 2.26 bits per heavy atom. The minimum absolute atomic E-state index is 0.132. The summed E-state index contributed by atoms with van der Waals surface area (Å²) >= 11 is 0. The maximum atomic E-state index is 11.2. The second-order valence-electron chi connectivity index (χ2n) is 5.52. The molecule has 106 valence electrons. The molecule has 2 atom stereocenters. The van der Waals surface area contributed by atoms with Crippen molar-refractivity contribution < 1.29 is 4.92 Å². The van der Waals surface area contributed by atoms with Gasteiger partial charge in [-0.1, -0.05) is 13.8 Å². The highest BCUT2D eigenvalue weighted by atomic mass is 16.6. The zero-order valence-electron chi connectivity index (χ0n) is 11.8. The number of aryl methyl sites for hydroxylation is 2. The van der Waals surface area contributed by atoms with E-state index in [0.717, 1.165) is 19.3 Å². The molecule has 19 heavy (non-hydrogen) atoms. The van der Waals surface area contributed by atoms with Gasteiger partial charge < -0.3 is 5.32 Å². The Morgan fingerprint density at radius 3 is 2.79 bits per heavy atom. The van der Waals surface area contributed by atoms with Crippen LogP contribution in [0.1, 0.15) is 45.2 Å². The highest BCUT2D eigenvalue weighted by molar-refractivity contribution is 5.60. The summed E-state index contributed by atoms with van der Waals surface area (Å²) in [5, 5.41) is 18.9. The van der Waals surface area contributed by atoms with E-state index in [1.165, 1.54) is 6.42 Å². The largest absolute Gasteiger partial charge is 0.362 e. The summed E-state index contributed by atoms with van der Waals surface area (Å²) in [6.45, 7) is 6.68. The van der Waals surface area contributed by atoms with Gasteiger partial charge >= 0.3 is 5.69 Å². The van der Waals surface area contributed by atoms with Gasteiger partial charge in [-0.15, -0.1) is 0 Å². The van der Waals surface area contributed by atoms with Gasteiger partial charge in [-0.2, -0.15) is 5.10 Å². The van der Waals surface area contributed by atoms with E-state index >= 15 is 0 Å². The molecule has 1 aliphatic rings. The molecule has 0 saturated heterocycles. The molecule has 0 aliphatic heterocycles. The Bertz CT molecular complexity index is 469. The van der Waals surface area contributed by atoms with E-state index in [2.05, 4.69) is 17.3 Å². The fraction of sp³-hybridized carbons (Fsp3) is 0.769. The maximum absolute atomic E-state index is 11.2. The first-order chi connectivity index (χ1) is 9.02. The monoisotopic (exact) mass is 266 g/mol. The maximum Gasteiger partial charge on any atom is 0.333 e. The molecule has 6 nitrogen and oxygen atoms in total. The lowest BCUT2D eigenvalue weighted by Crippen LogP contribution is -2.19. The van der Waals surface area contributed by atoms with Crippen molar-refractivity contribution in [1.29, 1.82) is 0 Å². The molecule has 1 aliphatic carbocycles. The van der Waals surface area contributed by atoms with Crippen LogP contribution in [0.5, 0.6) is 0 Å². The smallest absolute Gasteiger partial charge is 0.333 e. The third-order valence-corrected chi connectivity index (χ3v) is 3.75. The zero-order valence-corrected chi connectivity index (χ0v) is 11.8. The molecule has 0 amide bonds. The fourth-order valence-electron chi connectivity index (χ4n) is 2.84. The lowest BCUT2D eigenvalue weighted by atomic mass is 10.1. The van der Waals surface area contributed by atoms with Crippen molar-refractivity contribution >= 4 is 11.5 Å². The van der Waals surface area contributed by atoms with Crippen molar-refractivity contribution in [3.63, 3.8) is 0 Å². The molecule has 0 bridgehead atoms. The predicted molar refractivity (Wildman–Crippen MR) is 74.3 cm³/mol. The molecule has 1 saturated carbocycles. The average Bonchev–Trinajstić information content (AvgIpc) is 2.85. The van der Waals surface area contributed by atoms with Crippen LogP contribution in [-0.4, -0.2) is 20.7 Å². The molecule has 0 aromatic carbocycles. The molecule has 1 aromatic rings. The van der Waals surface area contributed by atoms with Crippen molar-refractivity contribution in [2.75, 3.05) is 5.32 Å². The van der Waals surface area contributed by atoms with E-state index in [0.29, 0.717) is 30.0 Å². The van der Waals surface area contributed by atoms with Crippen molar-refractivity contribution in [2.24, 2.45) is 5.92 Å². The van der Waals surface area contributed by atoms with Gasteiger partial charge in [0.25, 0.3) is 0 Å². The van der Waals surface area contributed by atoms with Crippen molar-refractivity contribution in [3.8, 4) is 0 Å². The van der Waals surface area contributed by atoms with E-state index in [9.17, 15) is 10.1 Å². The Kier molecular flexibility index (Phi) is 4.07. The van der Waals surface area contributed by atoms with Gasteiger partial charge in [-0.05, 0) is 38.5 Å². The standard InChI is InChI=1S/C13H22N4O2/c1-4-7-16-13(12(17(18)19)10(3)15-16)14-11-6-5-9(2)8-11/h9,11,14H,4-8H2,1-3H3.